The summed E-state index contributed by atoms with van der Waals surface area (Å²) in [6, 6.07) is 9.62. The van der Waals surface area contributed by atoms with Crippen LogP contribution in [0.25, 0.3) is 0 Å². The molecular formula is C19H30N2O. The molecule has 2 aliphatic rings. The van der Waals surface area contributed by atoms with Crippen molar-refractivity contribution in [3.05, 3.63) is 29.8 Å². The summed E-state index contributed by atoms with van der Waals surface area (Å²) in [6.45, 7) is 3.63. The molecule has 1 aliphatic carbocycles. The van der Waals surface area contributed by atoms with Crippen molar-refractivity contribution in [3.63, 3.8) is 0 Å². The number of piperidine rings is 1. The van der Waals surface area contributed by atoms with Crippen LogP contribution in [0.4, 0.5) is 5.69 Å². The summed E-state index contributed by atoms with van der Waals surface area (Å²) >= 11 is 0. The maximum atomic E-state index is 9.23. The van der Waals surface area contributed by atoms with Crippen LogP contribution in [0.1, 0.15) is 50.5 Å². The van der Waals surface area contributed by atoms with Crippen molar-refractivity contribution in [2.24, 2.45) is 5.92 Å². The Morgan fingerprint density at radius 1 is 1.05 bits per heavy atom. The quantitative estimate of drug-likeness (QED) is 0.872. The maximum Gasteiger partial charge on any atom is 0.0460 e. The summed E-state index contributed by atoms with van der Waals surface area (Å²) in [7, 11) is 0. The predicted octanol–water partition coefficient (Wildman–Crippen LogP) is 3.64. The topological polar surface area (TPSA) is 35.5 Å². The average Bonchev–Trinajstić information content (AvgIpc) is 2.57. The molecule has 2 fully saturated rings. The van der Waals surface area contributed by atoms with Crippen LogP contribution in [0, 0.1) is 5.92 Å². The molecule has 0 radical (unpaired) electrons. The van der Waals surface area contributed by atoms with Crippen LogP contribution in [-0.2, 0) is 6.54 Å². The molecule has 0 bridgehead atoms. The Morgan fingerprint density at radius 2 is 1.82 bits per heavy atom. The van der Waals surface area contributed by atoms with E-state index in [4.69, 9.17) is 0 Å². The van der Waals surface area contributed by atoms with Gasteiger partial charge in [-0.15, -0.1) is 0 Å². The van der Waals surface area contributed by atoms with Crippen molar-refractivity contribution in [1.29, 1.82) is 0 Å². The largest absolute Gasteiger partial charge is 0.396 e. The number of likely N-dealkylation sites (tertiary alicyclic amines) is 1. The third kappa shape index (κ3) is 4.47. The van der Waals surface area contributed by atoms with E-state index < -0.39 is 0 Å². The lowest BCUT2D eigenvalue weighted by Crippen LogP contribution is -2.34. The highest BCUT2D eigenvalue weighted by Crippen LogP contribution is 2.23. The van der Waals surface area contributed by atoms with Crippen molar-refractivity contribution < 1.29 is 5.11 Å². The van der Waals surface area contributed by atoms with E-state index in [1.807, 2.05) is 0 Å². The molecule has 1 saturated carbocycles. The van der Waals surface area contributed by atoms with Crippen molar-refractivity contribution >= 4 is 5.69 Å². The van der Waals surface area contributed by atoms with Crippen LogP contribution in [0.15, 0.2) is 24.3 Å². The Bertz CT molecular complexity index is 449. The SMILES string of the molecule is OCC1CCN(Cc2cccc(NC3CCCCC3)c2)CC1. The lowest BCUT2D eigenvalue weighted by molar-refractivity contribution is 0.127. The molecule has 0 unspecified atom stereocenters. The van der Waals surface area contributed by atoms with Crippen LogP contribution >= 0.6 is 0 Å². The fourth-order valence-electron chi connectivity index (χ4n) is 3.83. The molecule has 1 heterocycles. The van der Waals surface area contributed by atoms with Gasteiger partial charge in [-0.05, 0) is 62.4 Å². The van der Waals surface area contributed by atoms with Crippen LogP contribution in [0.3, 0.4) is 0 Å². The maximum absolute atomic E-state index is 9.23. The van der Waals surface area contributed by atoms with E-state index in [-0.39, 0.29) is 0 Å². The average molecular weight is 302 g/mol. The first-order valence-electron chi connectivity index (χ1n) is 9.02. The van der Waals surface area contributed by atoms with Crippen molar-refractivity contribution in [2.75, 3.05) is 25.0 Å². The van der Waals surface area contributed by atoms with Crippen LogP contribution < -0.4 is 5.32 Å². The molecule has 122 valence electrons. The first-order chi connectivity index (χ1) is 10.8. The molecule has 3 heteroatoms. The first-order valence-corrected chi connectivity index (χ1v) is 9.02. The van der Waals surface area contributed by atoms with Gasteiger partial charge >= 0.3 is 0 Å². The fourth-order valence-corrected chi connectivity index (χ4v) is 3.83. The molecule has 0 aromatic heterocycles. The molecule has 1 aromatic rings. The Morgan fingerprint density at radius 3 is 2.55 bits per heavy atom. The minimum absolute atomic E-state index is 0.356. The van der Waals surface area contributed by atoms with Gasteiger partial charge in [-0.25, -0.2) is 0 Å². The van der Waals surface area contributed by atoms with E-state index in [0.29, 0.717) is 18.6 Å². The zero-order valence-corrected chi connectivity index (χ0v) is 13.6. The van der Waals surface area contributed by atoms with Gasteiger partial charge in [0.05, 0.1) is 0 Å². The summed E-state index contributed by atoms with van der Waals surface area (Å²) < 4.78 is 0. The zero-order chi connectivity index (χ0) is 15.2. The van der Waals surface area contributed by atoms with Crippen LogP contribution in [0.2, 0.25) is 0 Å². The number of benzene rings is 1. The molecule has 3 nitrogen and oxygen atoms in total. The molecule has 0 atom stereocenters. The molecular weight excluding hydrogens is 272 g/mol. The monoisotopic (exact) mass is 302 g/mol. The van der Waals surface area contributed by atoms with E-state index in [1.54, 1.807) is 0 Å². The lowest BCUT2D eigenvalue weighted by Gasteiger charge is -2.31. The summed E-state index contributed by atoms with van der Waals surface area (Å²) in [4.78, 5) is 2.52. The van der Waals surface area contributed by atoms with Gasteiger partial charge in [0.1, 0.15) is 0 Å². The number of nitrogens with one attached hydrogen (secondary N) is 1. The van der Waals surface area contributed by atoms with Gasteiger partial charge in [-0.3, -0.25) is 4.90 Å². The van der Waals surface area contributed by atoms with E-state index in [0.717, 1.165) is 32.5 Å². The number of hydrogen-bond donors (Lipinski definition) is 2. The number of nitrogens with zero attached hydrogens (tertiary/aromatic N) is 1. The molecule has 1 saturated heterocycles. The number of aliphatic hydroxyl groups excluding tert-OH is 1. The van der Waals surface area contributed by atoms with E-state index in [2.05, 4.69) is 34.5 Å². The molecule has 3 rings (SSSR count). The van der Waals surface area contributed by atoms with Gasteiger partial charge in [0.2, 0.25) is 0 Å². The minimum atomic E-state index is 0.356. The molecule has 1 aliphatic heterocycles. The van der Waals surface area contributed by atoms with Gasteiger partial charge in [-0.1, -0.05) is 31.4 Å². The second-order valence-electron chi connectivity index (χ2n) is 7.08. The molecule has 22 heavy (non-hydrogen) atoms. The lowest BCUT2D eigenvalue weighted by atomic mass is 9.95. The highest BCUT2D eigenvalue weighted by atomic mass is 16.3. The molecule has 1 aromatic carbocycles. The van der Waals surface area contributed by atoms with Gasteiger partial charge < -0.3 is 10.4 Å². The van der Waals surface area contributed by atoms with Crippen molar-refractivity contribution in [3.8, 4) is 0 Å². The first kappa shape index (κ1) is 15.8. The summed E-state index contributed by atoms with van der Waals surface area (Å²) in [5.74, 6) is 0.524. The van der Waals surface area contributed by atoms with Gasteiger partial charge in [-0.2, -0.15) is 0 Å². The summed E-state index contributed by atoms with van der Waals surface area (Å²) in [5.41, 5.74) is 2.69. The Hall–Kier alpha value is -1.06. The van der Waals surface area contributed by atoms with Crippen LogP contribution in [0.5, 0.6) is 0 Å². The normalized spacial score (nSPS) is 21.9. The summed E-state index contributed by atoms with van der Waals surface area (Å²) in [5, 5.41) is 13.0. The number of rotatable bonds is 5. The third-order valence-corrected chi connectivity index (χ3v) is 5.27. The van der Waals surface area contributed by atoms with Gasteiger partial charge in [0.15, 0.2) is 0 Å². The second kappa shape index (κ2) is 7.98. The Labute approximate surface area is 134 Å². The van der Waals surface area contributed by atoms with E-state index in [1.165, 1.54) is 43.4 Å². The smallest absolute Gasteiger partial charge is 0.0460 e. The fraction of sp³-hybridized carbons (Fsp3) is 0.684. The Balaban J connectivity index is 1.52. The second-order valence-corrected chi connectivity index (χ2v) is 7.08. The van der Waals surface area contributed by atoms with E-state index >= 15 is 0 Å². The highest BCUT2D eigenvalue weighted by molar-refractivity contribution is 5.46. The van der Waals surface area contributed by atoms with Gasteiger partial charge in [0.25, 0.3) is 0 Å². The summed E-state index contributed by atoms with van der Waals surface area (Å²) in [6.07, 6.45) is 9.06. The zero-order valence-electron chi connectivity index (χ0n) is 13.6. The van der Waals surface area contributed by atoms with E-state index in [9.17, 15) is 5.11 Å². The standard InChI is InChI=1S/C19H30N2O/c22-15-16-9-11-21(12-10-16)14-17-5-4-8-19(13-17)20-18-6-2-1-3-7-18/h4-5,8,13,16,18,20,22H,1-3,6-7,9-12,14-15H2. The van der Waals surface area contributed by atoms with Crippen molar-refractivity contribution in [2.45, 2.75) is 57.5 Å². The molecule has 0 amide bonds. The predicted molar refractivity (Wildman–Crippen MR) is 92.0 cm³/mol. The minimum Gasteiger partial charge on any atom is -0.396 e. The number of hydrogen-bond acceptors (Lipinski definition) is 3. The van der Waals surface area contributed by atoms with Gasteiger partial charge in [0, 0.05) is 24.9 Å². The number of anilines is 1. The number of aliphatic hydroxyl groups is 1. The van der Waals surface area contributed by atoms with Crippen molar-refractivity contribution in [1.82, 2.24) is 4.90 Å². The Kier molecular flexibility index (Phi) is 5.74. The highest BCUT2D eigenvalue weighted by Gasteiger charge is 2.18. The van der Waals surface area contributed by atoms with Crippen LogP contribution in [-0.4, -0.2) is 35.7 Å². The molecule has 2 N–H and O–H groups in total. The third-order valence-electron chi connectivity index (χ3n) is 5.27. The molecule has 0 spiro atoms.